The maximum absolute atomic E-state index is 6.44. The zero-order chi connectivity index (χ0) is 45.7. The molecule has 0 N–H and O–H groups in total. The summed E-state index contributed by atoms with van der Waals surface area (Å²) in [5, 5.41) is 3.58. The molecule has 0 aliphatic heterocycles. The van der Waals surface area contributed by atoms with E-state index < -0.39 is 0 Å². The third-order valence-electron chi connectivity index (χ3n) is 13.9. The van der Waals surface area contributed by atoms with Crippen molar-refractivity contribution in [3.05, 3.63) is 260 Å². The van der Waals surface area contributed by atoms with Gasteiger partial charge in [0.15, 0.2) is 0 Å². The topological polar surface area (TPSA) is 21.3 Å². The van der Waals surface area contributed by atoms with Gasteiger partial charge in [-0.2, -0.15) is 0 Å². The quantitative estimate of drug-likeness (QED) is 0.144. The number of para-hydroxylation sites is 4. The highest BCUT2D eigenvalue weighted by Crippen LogP contribution is 2.42. The second-order valence-electron chi connectivity index (χ2n) is 18.0. The normalized spacial score (nSPS) is 12.2. The van der Waals surface area contributed by atoms with Gasteiger partial charge in [0.25, 0.3) is 0 Å². The van der Waals surface area contributed by atoms with Crippen molar-refractivity contribution in [1.82, 2.24) is 4.57 Å². The van der Waals surface area contributed by atoms with Crippen LogP contribution < -0.4 is 4.90 Å². The third-order valence-corrected chi connectivity index (χ3v) is 13.9. The Morgan fingerprint density at radius 3 is 1.67 bits per heavy atom. The number of hydrogen-bond donors (Lipinski definition) is 0. The van der Waals surface area contributed by atoms with Gasteiger partial charge in [0.05, 0.1) is 11.2 Å². The van der Waals surface area contributed by atoms with Crippen LogP contribution in [0.5, 0.6) is 0 Å². The van der Waals surface area contributed by atoms with Gasteiger partial charge in [-0.15, -0.1) is 0 Å². The van der Waals surface area contributed by atoms with Crippen molar-refractivity contribution in [1.29, 1.82) is 0 Å². The molecule has 0 saturated heterocycles. The number of aromatic nitrogens is 1. The van der Waals surface area contributed by atoms with E-state index in [2.05, 4.69) is 252 Å². The molecule has 0 amide bonds. The smallest absolute Gasteiger partial charge is 0.143 e. The summed E-state index contributed by atoms with van der Waals surface area (Å²) in [6.45, 7) is 0. The molecule has 0 unspecified atom stereocenters. The summed E-state index contributed by atoms with van der Waals surface area (Å²) in [6, 6.07) is 87.7. The van der Waals surface area contributed by atoms with Gasteiger partial charge in [-0.05, 0) is 124 Å². The van der Waals surface area contributed by atoms with Crippen molar-refractivity contribution < 1.29 is 4.42 Å². The Bertz CT molecular complexity index is 3890. The van der Waals surface area contributed by atoms with Crippen LogP contribution >= 0.6 is 0 Å². The molecule has 3 nitrogen and oxygen atoms in total. The van der Waals surface area contributed by atoms with E-state index >= 15 is 0 Å². The summed E-state index contributed by atoms with van der Waals surface area (Å²) in [5.74, 6) is 0. The van der Waals surface area contributed by atoms with Crippen LogP contribution in [0.15, 0.2) is 253 Å². The van der Waals surface area contributed by atoms with Crippen molar-refractivity contribution >= 4 is 56.0 Å². The molecule has 0 radical (unpaired) electrons. The summed E-state index contributed by atoms with van der Waals surface area (Å²) in [7, 11) is 0. The molecule has 0 fully saturated rings. The first-order chi connectivity index (χ1) is 34.2. The SMILES string of the molecule is C1=Cc2c(n(-c3ccccc3-c3cccc(-c4ccc(N(c5ccc(-c6cccc(-c7cccc8c7oc7ccccc78)c6)cc5)c5cccc(-c6ccccc6)c5)cc4)c3)c3ccccc23)CC1. The number of rotatable bonds is 9. The van der Waals surface area contributed by atoms with Crippen LogP contribution in [0.3, 0.4) is 0 Å². The molecule has 0 spiro atoms. The molecule has 3 heteroatoms. The Balaban J connectivity index is 0.852. The van der Waals surface area contributed by atoms with Crippen LogP contribution in [0.1, 0.15) is 17.7 Å². The molecular formula is C66H46N2O. The van der Waals surface area contributed by atoms with E-state index in [-0.39, 0.29) is 0 Å². The third kappa shape index (κ3) is 7.24. The first-order valence-corrected chi connectivity index (χ1v) is 23.9. The molecule has 0 atom stereocenters. The summed E-state index contributed by atoms with van der Waals surface area (Å²) >= 11 is 0. The van der Waals surface area contributed by atoms with Crippen LogP contribution in [0.2, 0.25) is 0 Å². The molecule has 1 aliphatic rings. The first-order valence-electron chi connectivity index (χ1n) is 23.9. The van der Waals surface area contributed by atoms with Crippen molar-refractivity contribution in [2.24, 2.45) is 0 Å². The molecular weight excluding hydrogens is 837 g/mol. The number of anilines is 3. The first kappa shape index (κ1) is 40.4. The molecule has 10 aromatic carbocycles. The lowest BCUT2D eigenvalue weighted by atomic mass is 9.97. The van der Waals surface area contributed by atoms with E-state index in [1.54, 1.807) is 0 Å². The summed E-state index contributed by atoms with van der Waals surface area (Å²) in [5.41, 5.74) is 21.9. The molecule has 13 rings (SSSR count). The lowest BCUT2D eigenvalue weighted by Gasteiger charge is -2.26. The average Bonchev–Trinajstić information content (AvgIpc) is 3.98. The van der Waals surface area contributed by atoms with Gasteiger partial charge in [-0.25, -0.2) is 0 Å². The largest absolute Gasteiger partial charge is 0.455 e. The van der Waals surface area contributed by atoms with Crippen LogP contribution in [0.4, 0.5) is 17.1 Å². The molecule has 326 valence electrons. The molecule has 69 heavy (non-hydrogen) atoms. The van der Waals surface area contributed by atoms with Crippen LogP contribution in [0.25, 0.3) is 100 Å². The Kier molecular flexibility index (Phi) is 9.98. The second-order valence-corrected chi connectivity index (χ2v) is 18.0. The molecule has 2 heterocycles. The summed E-state index contributed by atoms with van der Waals surface area (Å²) < 4.78 is 8.94. The van der Waals surface area contributed by atoms with Crippen LogP contribution in [-0.2, 0) is 6.42 Å². The number of fused-ring (bicyclic) bond motifs is 6. The zero-order valence-electron chi connectivity index (χ0n) is 38.0. The summed E-state index contributed by atoms with van der Waals surface area (Å²) in [6.07, 6.45) is 6.70. The van der Waals surface area contributed by atoms with E-state index in [0.717, 1.165) is 74.1 Å². The van der Waals surface area contributed by atoms with Crippen molar-refractivity contribution in [2.75, 3.05) is 4.90 Å². The van der Waals surface area contributed by atoms with E-state index in [4.69, 9.17) is 4.42 Å². The zero-order valence-corrected chi connectivity index (χ0v) is 38.0. The van der Waals surface area contributed by atoms with Crippen LogP contribution in [-0.4, -0.2) is 4.57 Å². The average molecular weight is 883 g/mol. The van der Waals surface area contributed by atoms with Gasteiger partial charge < -0.3 is 13.9 Å². The maximum atomic E-state index is 6.44. The number of nitrogens with zero attached hydrogens (tertiary/aromatic N) is 2. The van der Waals surface area contributed by atoms with E-state index in [1.807, 2.05) is 12.1 Å². The van der Waals surface area contributed by atoms with Gasteiger partial charge in [0.2, 0.25) is 0 Å². The Labute approximate surface area is 402 Å². The summed E-state index contributed by atoms with van der Waals surface area (Å²) in [4.78, 5) is 2.36. The maximum Gasteiger partial charge on any atom is 0.143 e. The predicted octanol–water partition coefficient (Wildman–Crippen LogP) is 18.3. The molecule has 0 saturated carbocycles. The number of benzene rings is 10. The molecule has 2 aromatic heterocycles. The highest BCUT2D eigenvalue weighted by molar-refractivity contribution is 6.09. The van der Waals surface area contributed by atoms with Gasteiger partial charge in [-0.3, -0.25) is 0 Å². The molecule has 0 bridgehead atoms. The fourth-order valence-electron chi connectivity index (χ4n) is 10.6. The van der Waals surface area contributed by atoms with Gasteiger partial charge in [-0.1, -0.05) is 188 Å². The Hall–Kier alpha value is -8.92. The van der Waals surface area contributed by atoms with Crippen molar-refractivity contribution in [3.63, 3.8) is 0 Å². The Morgan fingerprint density at radius 2 is 0.913 bits per heavy atom. The monoisotopic (exact) mass is 882 g/mol. The van der Waals surface area contributed by atoms with Gasteiger partial charge >= 0.3 is 0 Å². The molecule has 1 aliphatic carbocycles. The minimum absolute atomic E-state index is 0.907. The lowest BCUT2D eigenvalue weighted by Crippen LogP contribution is -2.10. The minimum Gasteiger partial charge on any atom is -0.455 e. The van der Waals surface area contributed by atoms with Crippen molar-refractivity contribution in [3.8, 4) is 61.3 Å². The van der Waals surface area contributed by atoms with Gasteiger partial charge in [0, 0.05) is 55.6 Å². The predicted molar refractivity (Wildman–Crippen MR) is 290 cm³/mol. The molecule has 12 aromatic rings. The van der Waals surface area contributed by atoms with E-state index in [1.165, 1.54) is 61.2 Å². The van der Waals surface area contributed by atoms with E-state index in [9.17, 15) is 0 Å². The Morgan fingerprint density at radius 1 is 0.377 bits per heavy atom. The fraction of sp³-hybridized carbons (Fsp3) is 0.0303. The standard InChI is InChI=1S/C66H46N2O/c1-2-16-45(17-3-1)50-20-14-23-55(44-50)67(54-40-36-47(37-41-54)49-19-13-22-52(43-49)57-28-15-29-61-60-27-7-11-33-65(60)69-66(57)61)53-38-34-46(35-39-53)48-18-12-21-51(42-48)56-24-4-8-30-62(56)68-63-31-9-5-25-58(63)59-26-6-10-32-64(59)68/h1-9,11-31,33-44H,10,32H2. The lowest BCUT2D eigenvalue weighted by molar-refractivity contribution is 0.670. The minimum atomic E-state index is 0.907. The number of allylic oxidation sites excluding steroid dienone is 1. The van der Waals surface area contributed by atoms with Crippen molar-refractivity contribution in [2.45, 2.75) is 12.8 Å². The second kappa shape index (κ2) is 17.1. The van der Waals surface area contributed by atoms with Crippen LogP contribution in [0, 0.1) is 0 Å². The van der Waals surface area contributed by atoms with E-state index in [0.29, 0.717) is 0 Å². The highest BCUT2D eigenvalue weighted by Gasteiger charge is 2.21. The number of hydrogen-bond acceptors (Lipinski definition) is 2. The van der Waals surface area contributed by atoms with Gasteiger partial charge in [0.1, 0.15) is 11.2 Å². The fourth-order valence-corrected chi connectivity index (χ4v) is 10.6. The number of furan rings is 1. The highest BCUT2D eigenvalue weighted by atomic mass is 16.3.